The molecule has 0 aliphatic carbocycles. The monoisotopic (exact) mass is 346 g/mol. The zero-order valence-electron chi connectivity index (χ0n) is 14.3. The minimum Gasteiger partial charge on any atom is -0.355 e. The molecule has 0 aromatic rings. The van der Waals surface area contributed by atoms with Gasteiger partial charge in [-0.1, -0.05) is 6.42 Å². The van der Waals surface area contributed by atoms with Gasteiger partial charge in [-0.05, 0) is 38.8 Å². The summed E-state index contributed by atoms with van der Waals surface area (Å²) < 4.78 is 26.8. The molecule has 2 fully saturated rings. The van der Waals surface area contributed by atoms with Gasteiger partial charge >= 0.3 is 0 Å². The van der Waals surface area contributed by atoms with Gasteiger partial charge in [0.05, 0.1) is 0 Å². The fourth-order valence-electron chi connectivity index (χ4n) is 3.24. The Morgan fingerprint density at radius 2 is 1.70 bits per heavy atom. The first-order chi connectivity index (χ1) is 10.9. The maximum absolute atomic E-state index is 12.2. The third kappa shape index (κ3) is 5.14. The van der Waals surface area contributed by atoms with E-state index < -0.39 is 10.2 Å². The van der Waals surface area contributed by atoms with E-state index in [0.29, 0.717) is 32.5 Å². The van der Waals surface area contributed by atoms with Crippen molar-refractivity contribution in [1.29, 1.82) is 0 Å². The number of carbonyl (C=O) groups is 1. The first kappa shape index (κ1) is 18.6. The lowest BCUT2D eigenvalue weighted by atomic mass is 9.97. The Balaban J connectivity index is 1.69. The molecule has 0 atom stereocenters. The van der Waals surface area contributed by atoms with Crippen LogP contribution in [-0.4, -0.2) is 81.2 Å². The van der Waals surface area contributed by atoms with Gasteiger partial charge in [-0.2, -0.15) is 17.0 Å². The second kappa shape index (κ2) is 8.41. The van der Waals surface area contributed by atoms with Crippen molar-refractivity contribution in [3.63, 3.8) is 0 Å². The van der Waals surface area contributed by atoms with E-state index >= 15 is 0 Å². The molecule has 0 radical (unpaired) electrons. The summed E-state index contributed by atoms with van der Waals surface area (Å²) in [5, 5.41) is 3.02. The maximum Gasteiger partial charge on any atom is 0.281 e. The average Bonchev–Trinajstić information content (AvgIpc) is 2.55. The van der Waals surface area contributed by atoms with Gasteiger partial charge in [0.2, 0.25) is 5.91 Å². The standard InChI is InChI=1S/C15H30N4O3S/c1-17(2)23(21,22)19-11-6-14(7-12-19)15(20)16-8-13-18-9-4-3-5-10-18/h14H,3-13H2,1-2H3,(H,16,20). The summed E-state index contributed by atoms with van der Waals surface area (Å²) in [6, 6.07) is 0. The van der Waals surface area contributed by atoms with E-state index in [0.717, 1.165) is 19.6 Å². The molecular formula is C15H30N4O3S. The highest BCUT2D eigenvalue weighted by molar-refractivity contribution is 7.86. The van der Waals surface area contributed by atoms with Crippen LogP contribution >= 0.6 is 0 Å². The molecule has 23 heavy (non-hydrogen) atoms. The minimum atomic E-state index is -3.35. The molecule has 0 unspecified atom stereocenters. The van der Waals surface area contributed by atoms with E-state index in [1.165, 1.54) is 42.0 Å². The third-order valence-corrected chi connectivity index (χ3v) is 6.73. The lowest BCUT2D eigenvalue weighted by molar-refractivity contribution is -0.126. The van der Waals surface area contributed by atoms with Crippen LogP contribution in [0.4, 0.5) is 0 Å². The second-order valence-corrected chi connectivity index (χ2v) is 8.80. The van der Waals surface area contributed by atoms with Gasteiger partial charge in [0.1, 0.15) is 0 Å². The van der Waals surface area contributed by atoms with Crippen LogP contribution in [0.1, 0.15) is 32.1 Å². The van der Waals surface area contributed by atoms with E-state index in [4.69, 9.17) is 0 Å². The van der Waals surface area contributed by atoms with Gasteiger partial charge in [-0.25, -0.2) is 0 Å². The van der Waals surface area contributed by atoms with Gasteiger partial charge in [-0.15, -0.1) is 0 Å². The van der Waals surface area contributed by atoms with Crippen molar-refractivity contribution >= 4 is 16.1 Å². The number of piperidine rings is 2. The van der Waals surface area contributed by atoms with Gasteiger partial charge in [-0.3, -0.25) is 4.79 Å². The molecule has 7 nitrogen and oxygen atoms in total. The lowest BCUT2D eigenvalue weighted by Gasteiger charge is -2.32. The highest BCUT2D eigenvalue weighted by Crippen LogP contribution is 2.20. The molecule has 1 N–H and O–H groups in total. The number of nitrogens with zero attached hydrogens (tertiary/aromatic N) is 3. The number of amides is 1. The smallest absolute Gasteiger partial charge is 0.281 e. The zero-order valence-corrected chi connectivity index (χ0v) is 15.1. The van der Waals surface area contributed by atoms with Crippen LogP contribution in [0.2, 0.25) is 0 Å². The molecule has 0 aromatic carbocycles. The summed E-state index contributed by atoms with van der Waals surface area (Å²) in [4.78, 5) is 14.6. The van der Waals surface area contributed by atoms with Crippen molar-refractivity contribution in [3.05, 3.63) is 0 Å². The van der Waals surface area contributed by atoms with Crippen molar-refractivity contribution in [2.45, 2.75) is 32.1 Å². The summed E-state index contributed by atoms with van der Waals surface area (Å²) >= 11 is 0. The van der Waals surface area contributed by atoms with Crippen molar-refractivity contribution in [1.82, 2.24) is 18.8 Å². The maximum atomic E-state index is 12.2. The molecule has 8 heteroatoms. The van der Waals surface area contributed by atoms with Crippen molar-refractivity contribution in [3.8, 4) is 0 Å². The van der Waals surface area contributed by atoms with Crippen LogP contribution in [0.25, 0.3) is 0 Å². The Kier molecular flexibility index (Phi) is 6.82. The van der Waals surface area contributed by atoms with Gasteiger partial charge in [0, 0.05) is 46.2 Å². The van der Waals surface area contributed by atoms with Crippen LogP contribution in [-0.2, 0) is 15.0 Å². The quantitative estimate of drug-likeness (QED) is 0.741. The Hall–Kier alpha value is -0.700. The van der Waals surface area contributed by atoms with Crippen molar-refractivity contribution in [2.24, 2.45) is 5.92 Å². The van der Waals surface area contributed by atoms with Crippen LogP contribution in [0.3, 0.4) is 0 Å². The largest absolute Gasteiger partial charge is 0.355 e. The molecule has 134 valence electrons. The Bertz CT molecular complexity index is 481. The van der Waals surface area contributed by atoms with E-state index in [1.807, 2.05) is 0 Å². The van der Waals surface area contributed by atoms with Crippen LogP contribution in [0, 0.1) is 5.92 Å². The Labute approximate surface area is 140 Å². The molecule has 0 saturated carbocycles. The van der Waals surface area contributed by atoms with E-state index in [9.17, 15) is 13.2 Å². The van der Waals surface area contributed by atoms with Crippen molar-refractivity contribution < 1.29 is 13.2 Å². The van der Waals surface area contributed by atoms with E-state index in [2.05, 4.69) is 10.2 Å². The average molecular weight is 346 g/mol. The van der Waals surface area contributed by atoms with Gasteiger partial charge in [0.15, 0.2) is 0 Å². The fraction of sp³-hybridized carbons (Fsp3) is 0.933. The highest BCUT2D eigenvalue weighted by Gasteiger charge is 2.32. The normalized spacial score (nSPS) is 22.4. The number of carbonyl (C=O) groups excluding carboxylic acids is 1. The first-order valence-electron chi connectivity index (χ1n) is 8.59. The molecule has 0 aromatic heterocycles. The fourth-order valence-corrected chi connectivity index (χ4v) is 4.38. The van der Waals surface area contributed by atoms with E-state index in [1.54, 1.807) is 0 Å². The minimum absolute atomic E-state index is 0.0648. The van der Waals surface area contributed by atoms with Gasteiger partial charge < -0.3 is 10.2 Å². The second-order valence-electron chi connectivity index (χ2n) is 6.66. The molecule has 2 rings (SSSR count). The Morgan fingerprint density at radius 3 is 2.26 bits per heavy atom. The van der Waals surface area contributed by atoms with Crippen LogP contribution in [0.5, 0.6) is 0 Å². The van der Waals surface area contributed by atoms with Crippen LogP contribution < -0.4 is 5.32 Å². The molecule has 2 heterocycles. The summed E-state index contributed by atoms with van der Waals surface area (Å²) in [6.45, 7) is 4.72. The highest BCUT2D eigenvalue weighted by atomic mass is 32.2. The predicted molar refractivity (Wildman–Crippen MR) is 90.2 cm³/mol. The summed E-state index contributed by atoms with van der Waals surface area (Å²) in [5.74, 6) is 0.00822. The van der Waals surface area contributed by atoms with E-state index in [-0.39, 0.29) is 11.8 Å². The number of nitrogens with one attached hydrogen (secondary N) is 1. The lowest BCUT2D eigenvalue weighted by Crippen LogP contribution is -2.47. The summed E-state index contributed by atoms with van der Waals surface area (Å²) in [6.07, 6.45) is 5.03. The van der Waals surface area contributed by atoms with Crippen molar-refractivity contribution in [2.75, 3.05) is 53.4 Å². The number of likely N-dealkylation sites (tertiary alicyclic amines) is 1. The first-order valence-corrected chi connectivity index (χ1v) is 9.98. The molecule has 2 aliphatic rings. The number of hydrogen-bond donors (Lipinski definition) is 1. The van der Waals surface area contributed by atoms with Crippen LogP contribution in [0.15, 0.2) is 0 Å². The number of hydrogen-bond acceptors (Lipinski definition) is 4. The summed E-state index contributed by atoms with van der Waals surface area (Å²) in [5.41, 5.74) is 0. The summed E-state index contributed by atoms with van der Waals surface area (Å²) in [7, 11) is -0.279. The molecule has 2 saturated heterocycles. The Morgan fingerprint density at radius 1 is 1.09 bits per heavy atom. The molecule has 0 spiro atoms. The zero-order chi connectivity index (χ0) is 16.9. The third-order valence-electron chi connectivity index (χ3n) is 4.79. The topological polar surface area (TPSA) is 73.0 Å². The molecular weight excluding hydrogens is 316 g/mol. The van der Waals surface area contributed by atoms with Gasteiger partial charge in [0.25, 0.3) is 10.2 Å². The molecule has 1 amide bonds. The number of rotatable bonds is 6. The molecule has 2 aliphatic heterocycles. The SMILES string of the molecule is CN(C)S(=O)(=O)N1CCC(C(=O)NCCN2CCCCC2)CC1. The predicted octanol–water partition coefficient (Wildman–Crippen LogP) is 0.107. The molecule has 0 bridgehead atoms.